The normalized spacial score (nSPS) is 18.1. The summed E-state index contributed by atoms with van der Waals surface area (Å²) in [6.45, 7) is 0. The maximum absolute atomic E-state index is 12.1. The molecule has 0 bridgehead atoms. The van der Waals surface area contributed by atoms with Crippen molar-refractivity contribution >= 4 is 28.4 Å². The number of halogens is 1. The molecule has 0 spiro atoms. The molecule has 2 nitrogen and oxygen atoms in total. The zero-order chi connectivity index (χ0) is 12.5. The lowest BCUT2D eigenvalue weighted by Gasteiger charge is -2.26. The fourth-order valence-corrected chi connectivity index (χ4v) is 2.79. The van der Waals surface area contributed by atoms with Crippen LogP contribution in [-0.2, 0) is 0 Å². The summed E-state index contributed by atoms with van der Waals surface area (Å²) in [4.78, 5) is 12.1. The van der Waals surface area contributed by atoms with Gasteiger partial charge in [-0.15, -0.1) is 0 Å². The maximum atomic E-state index is 12.1. The van der Waals surface area contributed by atoms with Crippen LogP contribution < -0.4 is 4.74 Å². The molecular weight excluding hydrogens is 339 g/mol. The molecule has 2 aromatic carbocycles. The number of hydrogen-bond donors (Lipinski definition) is 0. The third-order valence-electron chi connectivity index (χ3n) is 3.07. The quantitative estimate of drug-likeness (QED) is 0.727. The molecule has 0 saturated carbocycles. The zero-order valence-electron chi connectivity index (χ0n) is 9.60. The Morgan fingerprint density at radius 1 is 1.06 bits per heavy atom. The Morgan fingerprint density at radius 2 is 1.83 bits per heavy atom. The van der Waals surface area contributed by atoms with E-state index in [-0.39, 0.29) is 11.9 Å². The van der Waals surface area contributed by atoms with Crippen molar-refractivity contribution in [1.29, 1.82) is 0 Å². The van der Waals surface area contributed by atoms with E-state index in [2.05, 4.69) is 22.6 Å². The average Bonchev–Trinajstić information content (AvgIpc) is 2.41. The maximum Gasteiger partial charge on any atom is 0.170 e. The van der Waals surface area contributed by atoms with Crippen LogP contribution >= 0.6 is 22.6 Å². The van der Waals surface area contributed by atoms with Gasteiger partial charge in [-0.2, -0.15) is 0 Å². The van der Waals surface area contributed by atoms with Gasteiger partial charge < -0.3 is 4.74 Å². The van der Waals surface area contributed by atoms with E-state index >= 15 is 0 Å². The van der Waals surface area contributed by atoms with Crippen molar-refractivity contribution in [2.45, 2.75) is 12.5 Å². The smallest absolute Gasteiger partial charge is 0.170 e. The van der Waals surface area contributed by atoms with E-state index in [0.29, 0.717) is 12.0 Å². The number of benzene rings is 2. The predicted octanol–water partition coefficient (Wildman–Crippen LogP) is 4.00. The summed E-state index contributed by atoms with van der Waals surface area (Å²) in [5, 5.41) is 0. The van der Waals surface area contributed by atoms with E-state index in [4.69, 9.17) is 4.74 Å². The highest BCUT2D eigenvalue weighted by Crippen LogP contribution is 2.37. The molecule has 3 rings (SSSR count). The van der Waals surface area contributed by atoms with Crippen LogP contribution in [0.4, 0.5) is 0 Å². The Labute approximate surface area is 119 Å². The molecule has 3 heteroatoms. The van der Waals surface area contributed by atoms with E-state index in [0.717, 1.165) is 14.9 Å². The first-order valence-corrected chi connectivity index (χ1v) is 6.87. The molecule has 1 unspecified atom stereocenters. The van der Waals surface area contributed by atoms with Crippen molar-refractivity contribution in [2.75, 3.05) is 0 Å². The van der Waals surface area contributed by atoms with E-state index < -0.39 is 0 Å². The number of carbonyl (C=O) groups is 1. The van der Waals surface area contributed by atoms with Gasteiger partial charge in [-0.1, -0.05) is 36.4 Å². The molecule has 0 aliphatic carbocycles. The number of ether oxygens (including phenoxy) is 1. The van der Waals surface area contributed by atoms with Gasteiger partial charge in [0.05, 0.1) is 15.6 Å². The van der Waals surface area contributed by atoms with Crippen LogP contribution in [0.15, 0.2) is 48.5 Å². The standard InChI is InChI=1S/C15H11IO2/c16-12-8-4-7-11-13(17)9-14(18-15(11)12)10-5-2-1-3-6-10/h1-8,14H,9H2. The minimum absolute atomic E-state index is 0.156. The third-order valence-corrected chi connectivity index (χ3v) is 3.92. The van der Waals surface area contributed by atoms with Gasteiger partial charge in [-0.05, 0) is 40.3 Å². The van der Waals surface area contributed by atoms with Crippen LogP contribution in [0.2, 0.25) is 0 Å². The molecule has 18 heavy (non-hydrogen) atoms. The van der Waals surface area contributed by atoms with Crippen LogP contribution in [-0.4, -0.2) is 5.78 Å². The molecule has 90 valence electrons. The van der Waals surface area contributed by atoms with Gasteiger partial charge in [0.15, 0.2) is 5.78 Å². The Morgan fingerprint density at radius 3 is 2.61 bits per heavy atom. The van der Waals surface area contributed by atoms with Crippen LogP contribution in [0, 0.1) is 3.57 Å². The molecule has 2 aromatic rings. The SMILES string of the molecule is O=C1CC(c2ccccc2)Oc2c(I)cccc21. The van der Waals surface area contributed by atoms with Gasteiger partial charge >= 0.3 is 0 Å². The lowest BCUT2D eigenvalue weighted by Crippen LogP contribution is -2.21. The summed E-state index contributed by atoms with van der Waals surface area (Å²) in [5.74, 6) is 0.881. The minimum Gasteiger partial charge on any atom is -0.483 e. The summed E-state index contributed by atoms with van der Waals surface area (Å²) in [6.07, 6.45) is 0.249. The Bertz CT molecular complexity index is 593. The van der Waals surface area contributed by atoms with Crippen LogP contribution in [0.1, 0.15) is 28.4 Å². The van der Waals surface area contributed by atoms with Crippen molar-refractivity contribution in [3.05, 3.63) is 63.2 Å². The highest BCUT2D eigenvalue weighted by Gasteiger charge is 2.28. The molecule has 0 radical (unpaired) electrons. The largest absolute Gasteiger partial charge is 0.483 e. The van der Waals surface area contributed by atoms with Crippen LogP contribution in [0.5, 0.6) is 5.75 Å². The first-order chi connectivity index (χ1) is 8.75. The third kappa shape index (κ3) is 2.03. The van der Waals surface area contributed by atoms with E-state index in [1.165, 1.54) is 0 Å². The number of rotatable bonds is 1. The highest BCUT2D eigenvalue weighted by atomic mass is 127. The summed E-state index contributed by atoms with van der Waals surface area (Å²) in [6, 6.07) is 15.6. The number of carbonyl (C=O) groups excluding carboxylic acids is 1. The lowest BCUT2D eigenvalue weighted by molar-refractivity contribution is 0.0848. The second kappa shape index (κ2) is 4.72. The number of fused-ring (bicyclic) bond motifs is 1. The second-order valence-electron chi connectivity index (χ2n) is 4.26. The molecule has 0 aromatic heterocycles. The molecule has 1 heterocycles. The molecule has 1 aliphatic heterocycles. The van der Waals surface area contributed by atoms with Crippen molar-refractivity contribution in [2.24, 2.45) is 0 Å². The second-order valence-corrected chi connectivity index (χ2v) is 5.42. The fraction of sp³-hybridized carbons (Fsp3) is 0.133. The summed E-state index contributed by atoms with van der Waals surface area (Å²) in [5.41, 5.74) is 1.75. The van der Waals surface area contributed by atoms with Crippen molar-refractivity contribution in [1.82, 2.24) is 0 Å². The molecule has 1 aliphatic rings. The number of Topliss-reactive ketones (excluding diaryl/α,β-unsaturated/α-hetero) is 1. The van der Waals surface area contributed by atoms with Gasteiger partial charge in [0.1, 0.15) is 11.9 Å². The molecular formula is C15H11IO2. The number of para-hydroxylation sites is 1. The van der Waals surface area contributed by atoms with Crippen molar-refractivity contribution < 1.29 is 9.53 Å². The monoisotopic (exact) mass is 350 g/mol. The first-order valence-electron chi connectivity index (χ1n) is 5.79. The first kappa shape index (κ1) is 11.7. The average molecular weight is 350 g/mol. The number of hydrogen-bond acceptors (Lipinski definition) is 2. The van der Waals surface area contributed by atoms with Crippen LogP contribution in [0.25, 0.3) is 0 Å². The minimum atomic E-state index is -0.165. The Hall–Kier alpha value is -1.36. The summed E-state index contributed by atoms with van der Waals surface area (Å²) < 4.78 is 6.98. The van der Waals surface area contributed by atoms with E-state index in [9.17, 15) is 4.79 Å². The molecule has 0 amide bonds. The lowest BCUT2D eigenvalue weighted by atomic mass is 9.96. The topological polar surface area (TPSA) is 26.3 Å². The zero-order valence-corrected chi connectivity index (χ0v) is 11.8. The van der Waals surface area contributed by atoms with E-state index in [1.54, 1.807) is 0 Å². The van der Waals surface area contributed by atoms with Gasteiger partial charge in [-0.3, -0.25) is 4.79 Å². The summed E-state index contributed by atoms with van der Waals surface area (Å²) >= 11 is 2.21. The molecule has 0 saturated heterocycles. The molecule has 0 fully saturated rings. The van der Waals surface area contributed by atoms with Crippen molar-refractivity contribution in [3.63, 3.8) is 0 Å². The fourth-order valence-electron chi connectivity index (χ4n) is 2.16. The molecule has 0 N–H and O–H groups in total. The molecule has 1 atom stereocenters. The Balaban J connectivity index is 2.01. The van der Waals surface area contributed by atoms with Gasteiger partial charge in [-0.25, -0.2) is 0 Å². The Kier molecular flexibility index (Phi) is 3.07. The number of ketones is 1. The summed E-state index contributed by atoms with van der Waals surface area (Å²) in [7, 11) is 0. The highest BCUT2D eigenvalue weighted by molar-refractivity contribution is 14.1. The van der Waals surface area contributed by atoms with Crippen molar-refractivity contribution in [3.8, 4) is 5.75 Å². The van der Waals surface area contributed by atoms with E-state index in [1.807, 2.05) is 48.5 Å². The predicted molar refractivity (Wildman–Crippen MR) is 77.9 cm³/mol. The van der Waals surface area contributed by atoms with Crippen LogP contribution in [0.3, 0.4) is 0 Å². The van der Waals surface area contributed by atoms with Gasteiger partial charge in [0.25, 0.3) is 0 Å². The van der Waals surface area contributed by atoms with Gasteiger partial charge in [0.2, 0.25) is 0 Å². The van der Waals surface area contributed by atoms with Gasteiger partial charge in [0, 0.05) is 0 Å².